The van der Waals surface area contributed by atoms with Gasteiger partial charge in [0.15, 0.2) is 0 Å². The van der Waals surface area contributed by atoms with E-state index in [2.05, 4.69) is 50.7 Å². The Labute approximate surface area is 235 Å². The second-order valence-corrected chi connectivity index (χ2v) is 11.4. The summed E-state index contributed by atoms with van der Waals surface area (Å²) in [6.45, 7) is 6.05. The molecule has 0 saturated heterocycles. The standard InChI is InChI=1S/C30H31N5O4S/c1-4-22-15-35(16-25-27(39-22)11-21(36)13-31-25)14-20-10-19(9-18-7-8-40-30(18)20)24(12-28(37)38)23-5-6-26-29(17(23)2)32-33-34(26)3/h5-11,13,22,24,36H,4,12,14-16H2,1-3H3,(H,37,38)/t22-,24?/m1/s1. The number of aryl methyl sites for hydroxylation is 2. The molecule has 1 aliphatic heterocycles. The van der Waals surface area contributed by atoms with Gasteiger partial charge in [-0.1, -0.05) is 24.3 Å². The fourth-order valence-electron chi connectivity index (χ4n) is 5.75. The molecule has 1 aliphatic rings. The molecule has 2 aromatic carbocycles. The molecule has 3 aromatic heterocycles. The van der Waals surface area contributed by atoms with Crippen molar-refractivity contribution in [1.82, 2.24) is 24.9 Å². The number of pyridine rings is 1. The minimum absolute atomic E-state index is 0.0298. The highest BCUT2D eigenvalue weighted by molar-refractivity contribution is 7.17. The summed E-state index contributed by atoms with van der Waals surface area (Å²) in [7, 11) is 1.85. The quantitative estimate of drug-likeness (QED) is 0.275. The van der Waals surface area contributed by atoms with E-state index in [-0.39, 0.29) is 24.2 Å². The lowest BCUT2D eigenvalue weighted by molar-refractivity contribution is -0.137. The molecule has 0 fully saturated rings. The van der Waals surface area contributed by atoms with Crippen molar-refractivity contribution in [3.8, 4) is 11.5 Å². The number of carboxylic acids is 1. The van der Waals surface area contributed by atoms with Crippen LogP contribution in [-0.2, 0) is 24.9 Å². The molecular weight excluding hydrogens is 526 g/mol. The summed E-state index contributed by atoms with van der Waals surface area (Å²) in [5.41, 5.74) is 6.52. The summed E-state index contributed by atoms with van der Waals surface area (Å²) in [6, 6.07) is 12.0. The second-order valence-electron chi connectivity index (χ2n) is 10.5. The van der Waals surface area contributed by atoms with E-state index >= 15 is 0 Å². The minimum Gasteiger partial charge on any atom is -0.506 e. The SMILES string of the molecule is CC[C@@H]1CN(Cc2cc(C(CC(=O)O)c3ccc4c(nnn4C)c3C)cc3ccsc23)Cc2ncc(O)cc2O1. The van der Waals surface area contributed by atoms with E-state index < -0.39 is 5.97 Å². The first kappa shape index (κ1) is 26.2. The Morgan fingerprint density at radius 3 is 2.90 bits per heavy atom. The molecule has 10 heteroatoms. The predicted octanol–water partition coefficient (Wildman–Crippen LogP) is 5.37. The molecule has 2 atom stereocenters. The Bertz CT molecular complexity index is 1730. The molecule has 206 valence electrons. The third-order valence-corrected chi connectivity index (χ3v) is 8.79. The molecular formula is C30H31N5O4S. The van der Waals surface area contributed by atoms with Crippen molar-refractivity contribution in [3.05, 3.63) is 75.9 Å². The summed E-state index contributed by atoms with van der Waals surface area (Å²) in [6.07, 6.45) is 2.22. The van der Waals surface area contributed by atoms with Crippen molar-refractivity contribution in [3.63, 3.8) is 0 Å². The lowest BCUT2D eigenvalue weighted by Gasteiger charge is -2.25. The smallest absolute Gasteiger partial charge is 0.304 e. The molecule has 0 radical (unpaired) electrons. The number of benzene rings is 2. The Kier molecular flexibility index (Phi) is 6.89. The Balaban J connectivity index is 1.41. The number of thiophene rings is 1. The Morgan fingerprint density at radius 1 is 1.25 bits per heavy atom. The van der Waals surface area contributed by atoms with Crippen LogP contribution < -0.4 is 4.74 Å². The molecule has 9 nitrogen and oxygen atoms in total. The van der Waals surface area contributed by atoms with Gasteiger partial charge >= 0.3 is 5.97 Å². The zero-order valence-corrected chi connectivity index (χ0v) is 23.5. The summed E-state index contributed by atoms with van der Waals surface area (Å²) in [4.78, 5) is 18.9. The minimum atomic E-state index is -0.850. The number of hydrogen-bond acceptors (Lipinski definition) is 8. The molecule has 0 saturated carbocycles. The van der Waals surface area contributed by atoms with Gasteiger partial charge in [0.2, 0.25) is 0 Å². The number of aromatic hydroxyl groups is 1. The Hall–Kier alpha value is -4.02. The molecule has 0 spiro atoms. The van der Waals surface area contributed by atoms with Gasteiger partial charge in [-0.15, -0.1) is 16.4 Å². The maximum atomic E-state index is 12.1. The van der Waals surface area contributed by atoms with Gasteiger partial charge in [0.25, 0.3) is 0 Å². The van der Waals surface area contributed by atoms with E-state index in [0.717, 1.165) is 50.8 Å². The maximum absolute atomic E-state index is 12.1. The van der Waals surface area contributed by atoms with Crippen LogP contribution >= 0.6 is 11.3 Å². The summed E-state index contributed by atoms with van der Waals surface area (Å²) < 4.78 is 9.12. The fourth-order valence-corrected chi connectivity index (χ4v) is 6.64. The predicted molar refractivity (Wildman–Crippen MR) is 154 cm³/mol. The number of ether oxygens (including phenoxy) is 1. The first-order chi connectivity index (χ1) is 19.3. The monoisotopic (exact) mass is 557 g/mol. The van der Waals surface area contributed by atoms with Gasteiger partial charge in [-0.2, -0.15) is 0 Å². The van der Waals surface area contributed by atoms with E-state index in [4.69, 9.17) is 4.74 Å². The summed E-state index contributed by atoms with van der Waals surface area (Å²) >= 11 is 1.70. The highest BCUT2D eigenvalue weighted by Gasteiger charge is 2.26. The number of hydrogen-bond donors (Lipinski definition) is 2. The average molecular weight is 558 g/mol. The largest absolute Gasteiger partial charge is 0.506 e. The van der Waals surface area contributed by atoms with Crippen molar-refractivity contribution in [2.24, 2.45) is 7.05 Å². The number of aromatic nitrogens is 4. The van der Waals surface area contributed by atoms with Crippen molar-refractivity contribution in [1.29, 1.82) is 0 Å². The highest BCUT2D eigenvalue weighted by atomic mass is 32.1. The summed E-state index contributed by atoms with van der Waals surface area (Å²) in [5.74, 6) is -0.472. The molecule has 6 rings (SSSR count). The van der Waals surface area contributed by atoms with Gasteiger partial charge < -0.3 is 14.9 Å². The maximum Gasteiger partial charge on any atom is 0.304 e. The zero-order chi connectivity index (χ0) is 28.0. The molecule has 4 heterocycles. The van der Waals surface area contributed by atoms with Crippen LogP contribution in [0.25, 0.3) is 21.1 Å². The number of aliphatic carboxylic acids is 1. The van der Waals surface area contributed by atoms with E-state index in [0.29, 0.717) is 25.4 Å². The number of nitrogens with zero attached hydrogens (tertiary/aromatic N) is 5. The molecule has 5 aromatic rings. The average Bonchev–Trinajstić information content (AvgIpc) is 3.51. The van der Waals surface area contributed by atoms with Crippen LogP contribution in [0.5, 0.6) is 11.5 Å². The van der Waals surface area contributed by atoms with Crippen molar-refractivity contribution in [2.45, 2.75) is 51.8 Å². The highest BCUT2D eigenvalue weighted by Crippen LogP contribution is 2.38. The van der Waals surface area contributed by atoms with Gasteiger partial charge in [-0.05, 0) is 64.6 Å². The van der Waals surface area contributed by atoms with Crippen molar-refractivity contribution >= 4 is 38.4 Å². The normalized spacial score (nSPS) is 16.5. The van der Waals surface area contributed by atoms with Crippen LogP contribution in [0.2, 0.25) is 0 Å². The number of carbonyl (C=O) groups is 1. The number of fused-ring (bicyclic) bond motifs is 3. The molecule has 0 bridgehead atoms. The fraction of sp³-hybridized carbons (Fsp3) is 0.333. The zero-order valence-electron chi connectivity index (χ0n) is 22.7. The van der Waals surface area contributed by atoms with E-state index in [1.807, 2.05) is 26.1 Å². The van der Waals surface area contributed by atoms with Crippen LogP contribution in [0, 0.1) is 6.92 Å². The molecule has 1 unspecified atom stereocenters. The number of rotatable bonds is 7. The van der Waals surface area contributed by atoms with Crippen LogP contribution in [0.3, 0.4) is 0 Å². The van der Waals surface area contributed by atoms with Gasteiger partial charge in [0.05, 0.1) is 23.8 Å². The van der Waals surface area contributed by atoms with Crippen LogP contribution in [0.4, 0.5) is 0 Å². The van der Waals surface area contributed by atoms with Crippen LogP contribution in [0.1, 0.15) is 53.6 Å². The number of carboxylic acid groups (broad SMARTS) is 1. The molecule has 0 aliphatic carbocycles. The van der Waals surface area contributed by atoms with Crippen LogP contribution in [0.15, 0.2) is 48.0 Å². The third kappa shape index (κ3) is 4.89. The lowest BCUT2D eigenvalue weighted by atomic mass is 9.84. The van der Waals surface area contributed by atoms with E-state index in [9.17, 15) is 15.0 Å². The topological polar surface area (TPSA) is 114 Å². The van der Waals surface area contributed by atoms with Crippen molar-refractivity contribution in [2.75, 3.05) is 6.54 Å². The second kappa shape index (κ2) is 10.5. The molecule has 40 heavy (non-hydrogen) atoms. The molecule has 0 amide bonds. The lowest BCUT2D eigenvalue weighted by Crippen LogP contribution is -2.32. The molecule has 2 N–H and O–H groups in total. The Morgan fingerprint density at radius 2 is 2.10 bits per heavy atom. The van der Waals surface area contributed by atoms with Gasteiger partial charge in [-0.3, -0.25) is 14.7 Å². The van der Waals surface area contributed by atoms with Crippen molar-refractivity contribution < 1.29 is 19.7 Å². The van der Waals surface area contributed by atoms with E-state index in [1.165, 1.54) is 10.9 Å². The van der Waals surface area contributed by atoms with Crippen LogP contribution in [-0.4, -0.2) is 53.7 Å². The van der Waals surface area contributed by atoms with Gasteiger partial charge in [0.1, 0.15) is 23.1 Å². The first-order valence-electron chi connectivity index (χ1n) is 13.4. The van der Waals surface area contributed by atoms with E-state index in [1.54, 1.807) is 22.1 Å². The first-order valence-corrected chi connectivity index (χ1v) is 14.3. The van der Waals surface area contributed by atoms with Gasteiger partial charge in [-0.25, -0.2) is 4.68 Å². The van der Waals surface area contributed by atoms with Gasteiger partial charge in [0, 0.05) is 43.4 Å². The third-order valence-electron chi connectivity index (χ3n) is 7.78. The summed E-state index contributed by atoms with van der Waals surface area (Å²) in [5, 5.41) is 31.6.